The molecule has 0 aliphatic heterocycles. The zero-order valence-electron chi connectivity index (χ0n) is 11.5. The fourth-order valence-corrected chi connectivity index (χ4v) is 3.63. The van der Waals surface area contributed by atoms with Gasteiger partial charge in [-0.15, -0.1) is 23.2 Å². The fraction of sp³-hybridized carbons (Fsp3) is 0.400. The van der Waals surface area contributed by atoms with Crippen LogP contribution < -0.4 is 0 Å². The normalized spacial score (nSPS) is 11.8. The van der Waals surface area contributed by atoms with E-state index in [1.807, 2.05) is 36.9 Å². The number of benzene rings is 1. The van der Waals surface area contributed by atoms with Crippen molar-refractivity contribution in [3.05, 3.63) is 51.8 Å². The standard InChI is InChI=1S/C15H17BrCl2N2/c1-11-14(16)13(20(2)19-11)8-15(9-17,10-18)12-6-4-3-5-7-12/h3-7H,8-10H2,1-2H3. The minimum atomic E-state index is -0.285. The predicted octanol–water partition coefficient (Wildman–Crippen LogP) is 4.45. The number of nitrogens with zero attached hydrogens (tertiary/aromatic N) is 2. The van der Waals surface area contributed by atoms with Gasteiger partial charge in [0.05, 0.1) is 15.9 Å². The molecule has 0 fully saturated rings. The molecule has 0 saturated heterocycles. The quantitative estimate of drug-likeness (QED) is 0.706. The Balaban J connectivity index is 2.45. The third-order valence-corrected chi connectivity index (χ3v) is 5.72. The summed E-state index contributed by atoms with van der Waals surface area (Å²) in [6.07, 6.45) is 0.752. The average Bonchev–Trinajstić information content (AvgIpc) is 2.71. The Morgan fingerprint density at radius 2 is 1.80 bits per heavy atom. The monoisotopic (exact) mass is 374 g/mol. The largest absolute Gasteiger partial charge is 0.271 e. The van der Waals surface area contributed by atoms with Gasteiger partial charge in [-0.05, 0) is 28.4 Å². The highest BCUT2D eigenvalue weighted by atomic mass is 79.9. The van der Waals surface area contributed by atoms with Gasteiger partial charge < -0.3 is 0 Å². The molecule has 0 amide bonds. The van der Waals surface area contributed by atoms with Gasteiger partial charge in [0.25, 0.3) is 0 Å². The first-order chi connectivity index (χ1) is 9.54. The molecule has 5 heteroatoms. The van der Waals surface area contributed by atoms with E-state index >= 15 is 0 Å². The fourth-order valence-electron chi connectivity index (χ4n) is 2.37. The van der Waals surface area contributed by atoms with Crippen molar-refractivity contribution in [1.82, 2.24) is 9.78 Å². The highest BCUT2D eigenvalue weighted by Crippen LogP contribution is 2.34. The zero-order valence-corrected chi connectivity index (χ0v) is 14.6. The number of rotatable bonds is 5. The van der Waals surface area contributed by atoms with Crippen LogP contribution in [0.1, 0.15) is 17.0 Å². The predicted molar refractivity (Wildman–Crippen MR) is 88.9 cm³/mol. The maximum absolute atomic E-state index is 6.29. The van der Waals surface area contributed by atoms with Crippen LogP contribution in [0, 0.1) is 6.92 Å². The van der Waals surface area contributed by atoms with E-state index in [4.69, 9.17) is 23.2 Å². The molecule has 20 heavy (non-hydrogen) atoms. The summed E-state index contributed by atoms with van der Waals surface area (Å²) in [5, 5.41) is 4.44. The maximum Gasteiger partial charge on any atom is 0.0738 e. The minimum absolute atomic E-state index is 0.285. The van der Waals surface area contributed by atoms with Crippen molar-refractivity contribution in [2.45, 2.75) is 18.8 Å². The third kappa shape index (κ3) is 2.90. The summed E-state index contributed by atoms with van der Waals surface area (Å²) in [7, 11) is 1.95. The van der Waals surface area contributed by atoms with Crippen molar-refractivity contribution in [2.75, 3.05) is 11.8 Å². The summed E-state index contributed by atoms with van der Waals surface area (Å²) in [6.45, 7) is 1.99. The van der Waals surface area contributed by atoms with Crippen molar-refractivity contribution >= 4 is 39.1 Å². The van der Waals surface area contributed by atoms with Crippen molar-refractivity contribution in [3.63, 3.8) is 0 Å². The molecule has 0 aliphatic rings. The molecule has 0 bridgehead atoms. The molecule has 0 saturated carbocycles. The van der Waals surface area contributed by atoms with Crippen molar-refractivity contribution in [1.29, 1.82) is 0 Å². The van der Waals surface area contributed by atoms with Gasteiger partial charge >= 0.3 is 0 Å². The third-order valence-electron chi connectivity index (χ3n) is 3.67. The van der Waals surface area contributed by atoms with Gasteiger partial charge in [0.1, 0.15) is 0 Å². The van der Waals surface area contributed by atoms with Gasteiger partial charge in [0.2, 0.25) is 0 Å². The van der Waals surface area contributed by atoms with Crippen LogP contribution in [0.4, 0.5) is 0 Å². The summed E-state index contributed by atoms with van der Waals surface area (Å²) in [5.41, 5.74) is 2.98. The summed E-state index contributed by atoms with van der Waals surface area (Å²) in [5.74, 6) is 0.939. The van der Waals surface area contributed by atoms with Crippen molar-refractivity contribution < 1.29 is 0 Å². The van der Waals surface area contributed by atoms with Gasteiger partial charge in [-0.25, -0.2) is 0 Å². The number of aromatic nitrogens is 2. The molecule has 1 aromatic heterocycles. The van der Waals surface area contributed by atoms with Crippen LogP contribution >= 0.6 is 39.1 Å². The topological polar surface area (TPSA) is 17.8 Å². The second kappa shape index (κ2) is 6.50. The molecule has 0 spiro atoms. The molecule has 0 aliphatic carbocycles. The second-order valence-electron chi connectivity index (χ2n) is 5.06. The Hall–Kier alpha value is -0.510. The molecule has 2 nitrogen and oxygen atoms in total. The number of halogens is 3. The van der Waals surface area contributed by atoms with Crippen LogP contribution in [0.3, 0.4) is 0 Å². The molecule has 0 atom stereocenters. The lowest BCUT2D eigenvalue weighted by Gasteiger charge is -2.30. The first-order valence-electron chi connectivity index (χ1n) is 6.39. The first kappa shape index (κ1) is 15.9. The summed E-state index contributed by atoms with van der Waals surface area (Å²) in [6, 6.07) is 10.2. The minimum Gasteiger partial charge on any atom is -0.271 e. The number of alkyl halides is 2. The maximum atomic E-state index is 6.29. The molecule has 0 unspecified atom stereocenters. The van der Waals surface area contributed by atoms with E-state index < -0.39 is 0 Å². The molecule has 2 aromatic rings. The lowest BCUT2D eigenvalue weighted by molar-refractivity contribution is 0.509. The SMILES string of the molecule is Cc1nn(C)c(CC(CCl)(CCl)c2ccccc2)c1Br. The van der Waals surface area contributed by atoms with Crippen LogP contribution in [0.5, 0.6) is 0 Å². The summed E-state index contributed by atoms with van der Waals surface area (Å²) < 4.78 is 2.94. The highest BCUT2D eigenvalue weighted by molar-refractivity contribution is 9.10. The molecule has 2 rings (SSSR count). The first-order valence-corrected chi connectivity index (χ1v) is 8.25. The van der Waals surface area contributed by atoms with Crippen LogP contribution in [0.15, 0.2) is 34.8 Å². The number of hydrogen-bond donors (Lipinski definition) is 0. The van der Waals surface area contributed by atoms with E-state index in [1.165, 1.54) is 0 Å². The van der Waals surface area contributed by atoms with E-state index in [-0.39, 0.29) is 5.41 Å². The lowest BCUT2D eigenvalue weighted by atomic mass is 9.80. The molecular weight excluding hydrogens is 359 g/mol. The Morgan fingerprint density at radius 1 is 1.20 bits per heavy atom. The molecule has 1 heterocycles. The summed E-state index contributed by atoms with van der Waals surface area (Å²) in [4.78, 5) is 0. The van der Waals surface area contributed by atoms with E-state index in [9.17, 15) is 0 Å². The van der Waals surface area contributed by atoms with Gasteiger partial charge in [0.15, 0.2) is 0 Å². The van der Waals surface area contributed by atoms with Gasteiger partial charge in [0, 0.05) is 30.6 Å². The molecule has 0 radical (unpaired) electrons. The summed E-state index contributed by atoms with van der Waals surface area (Å²) >= 11 is 16.2. The molecule has 1 aromatic carbocycles. The van der Waals surface area contributed by atoms with Gasteiger partial charge in [-0.3, -0.25) is 4.68 Å². The molecule has 108 valence electrons. The Morgan fingerprint density at radius 3 is 2.25 bits per heavy atom. The van der Waals surface area contributed by atoms with Gasteiger partial charge in [-0.2, -0.15) is 5.10 Å². The van der Waals surface area contributed by atoms with Crippen molar-refractivity contribution in [2.24, 2.45) is 7.05 Å². The smallest absolute Gasteiger partial charge is 0.0738 e. The van der Waals surface area contributed by atoms with Crippen molar-refractivity contribution in [3.8, 4) is 0 Å². The van der Waals surface area contributed by atoms with E-state index in [2.05, 4.69) is 33.2 Å². The van der Waals surface area contributed by atoms with Crippen LogP contribution in [-0.2, 0) is 18.9 Å². The van der Waals surface area contributed by atoms with Crippen LogP contribution in [0.25, 0.3) is 0 Å². The van der Waals surface area contributed by atoms with E-state index in [0.717, 1.165) is 27.8 Å². The van der Waals surface area contributed by atoms with Gasteiger partial charge in [-0.1, -0.05) is 30.3 Å². The van der Waals surface area contributed by atoms with Crippen LogP contribution in [-0.4, -0.2) is 21.5 Å². The molecule has 0 N–H and O–H groups in total. The zero-order chi connectivity index (χ0) is 14.8. The average molecular weight is 376 g/mol. The number of hydrogen-bond acceptors (Lipinski definition) is 1. The lowest BCUT2D eigenvalue weighted by Crippen LogP contribution is -2.34. The Labute approximate surface area is 138 Å². The number of aryl methyl sites for hydroxylation is 2. The molecular formula is C15H17BrCl2N2. The Kier molecular flexibility index (Phi) is 5.16. The Bertz CT molecular complexity index is 577. The highest BCUT2D eigenvalue weighted by Gasteiger charge is 2.33. The van der Waals surface area contributed by atoms with E-state index in [0.29, 0.717) is 11.8 Å². The van der Waals surface area contributed by atoms with E-state index in [1.54, 1.807) is 0 Å². The van der Waals surface area contributed by atoms with Crippen LogP contribution in [0.2, 0.25) is 0 Å². The second-order valence-corrected chi connectivity index (χ2v) is 6.39.